The van der Waals surface area contributed by atoms with Gasteiger partial charge in [-0.25, -0.2) is 0 Å². The lowest BCUT2D eigenvalue weighted by molar-refractivity contribution is -0.384. The quantitative estimate of drug-likeness (QED) is 0.581. The molecule has 76 valence electrons. The number of hydrogen-bond donors (Lipinski definition) is 0. The number of halogens is 1. The molecule has 0 radical (unpaired) electrons. The summed E-state index contributed by atoms with van der Waals surface area (Å²) in [6.45, 7) is 0. The van der Waals surface area contributed by atoms with Crippen molar-refractivity contribution >= 4 is 17.3 Å². The molecule has 2 rings (SSSR count). The summed E-state index contributed by atoms with van der Waals surface area (Å²) in [7, 11) is 0. The van der Waals surface area contributed by atoms with Gasteiger partial charge >= 0.3 is 5.69 Å². The maximum Gasteiger partial charge on any atom is 0.336 e. The van der Waals surface area contributed by atoms with Crippen LogP contribution in [-0.2, 0) is 0 Å². The molecule has 0 amide bonds. The Morgan fingerprint density at radius 1 is 1.33 bits per heavy atom. The van der Waals surface area contributed by atoms with E-state index in [0.717, 1.165) is 6.26 Å². The highest BCUT2D eigenvalue weighted by atomic mass is 35.5. The van der Waals surface area contributed by atoms with Crippen LogP contribution in [0.15, 0.2) is 35.1 Å². The van der Waals surface area contributed by atoms with Crippen molar-refractivity contribution in [3.63, 3.8) is 0 Å². The molecule has 0 atom stereocenters. The van der Waals surface area contributed by atoms with Gasteiger partial charge in [-0.15, -0.1) is 0 Å². The van der Waals surface area contributed by atoms with Crippen LogP contribution in [0.3, 0.4) is 0 Å². The van der Waals surface area contributed by atoms with Crippen molar-refractivity contribution in [3.8, 4) is 11.3 Å². The van der Waals surface area contributed by atoms with Crippen molar-refractivity contribution in [2.24, 2.45) is 0 Å². The van der Waals surface area contributed by atoms with E-state index < -0.39 is 4.92 Å². The first-order valence-electron chi connectivity index (χ1n) is 4.03. The van der Waals surface area contributed by atoms with E-state index in [-0.39, 0.29) is 11.4 Å². The van der Waals surface area contributed by atoms with E-state index in [1.54, 1.807) is 24.3 Å². The molecule has 0 saturated heterocycles. The molecule has 0 saturated carbocycles. The summed E-state index contributed by atoms with van der Waals surface area (Å²) in [5.41, 5.74) is 0.647. The molecule has 0 fully saturated rings. The average molecular weight is 225 g/mol. The van der Waals surface area contributed by atoms with Gasteiger partial charge in [-0.3, -0.25) is 10.1 Å². The molecular formula is C9H5ClN2O3. The molecule has 5 nitrogen and oxygen atoms in total. The van der Waals surface area contributed by atoms with Crippen molar-refractivity contribution in [2.75, 3.05) is 0 Å². The minimum absolute atomic E-state index is 0.155. The van der Waals surface area contributed by atoms with E-state index in [4.69, 9.17) is 11.6 Å². The largest absolute Gasteiger partial charge is 0.357 e. The molecule has 0 N–H and O–H groups in total. The predicted molar refractivity (Wildman–Crippen MR) is 53.6 cm³/mol. The third-order valence-corrected chi connectivity index (χ3v) is 2.12. The summed E-state index contributed by atoms with van der Waals surface area (Å²) in [6.07, 6.45) is 1.00. The standard InChI is InChI=1S/C9H5ClN2O3/c10-7-3-1-6(2-4-7)9-8(12(13)14)5-15-11-9/h1-5H. The highest BCUT2D eigenvalue weighted by Crippen LogP contribution is 2.28. The molecule has 0 aliphatic heterocycles. The van der Waals surface area contributed by atoms with Gasteiger partial charge in [0.25, 0.3) is 0 Å². The minimum Gasteiger partial charge on any atom is -0.357 e. The first-order chi connectivity index (χ1) is 7.18. The Morgan fingerprint density at radius 3 is 2.60 bits per heavy atom. The number of rotatable bonds is 2. The van der Waals surface area contributed by atoms with Gasteiger partial charge in [0.15, 0.2) is 5.69 Å². The molecule has 1 aromatic carbocycles. The summed E-state index contributed by atoms with van der Waals surface area (Å²) in [5, 5.41) is 14.7. The summed E-state index contributed by atoms with van der Waals surface area (Å²) >= 11 is 5.70. The van der Waals surface area contributed by atoms with Crippen molar-refractivity contribution in [1.82, 2.24) is 5.16 Å². The van der Waals surface area contributed by atoms with Gasteiger partial charge in [0.05, 0.1) is 4.92 Å². The SMILES string of the molecule is O=[N+]([O-])c1conc1-c1ccc(Cl)cc1. The van der Waals surface area contributed by atoms with E-state index >= 15 is 0 Å². The number of aromatic nitrogens is 1. The number of hydrogen-bond acceptors (Lipinski definition) is 4. The average Bonchev–Trinajstić information content (AvgIpc) is 2.67. The monoisotopic (exact) mass is 224 g/mol. The van der Waals surface area contributed by atoms with E-state index in [1.165, 1.54) is 0 Å². The molecule has 0 spiro atoms. The zero-order chi connectivity index (χ0) is 10.8. The molecular weight excluding hydrogens is 220 g/mol. The Bertz CT molecular complexity index is 492. The number of benzene rings is 1. The van der Waals surface area contributed by atoms with E-state index in [2.05, 4.69) is 9.68 Å². The Morgan fingerprint density at radius 2 is 2.00 bits per heavy atom. The third-order valence-electron chi connectivity index (χ3n) is 1.87. The molecule has 15 heavy (non-hydrogen) atoms. The molecule has 0 aliphatic carbocycles. The molecule has 0 unspecified atom stereocenters. The lowest BCUT2D eigenvalue weighted by Gasteiger charge is -1.95. The highest BCUT2D eigenvalue weighted by molar-refractivity contribution is 6.30. The summed E-state index contributed by atoms with van der Waals surface area (Å²) in [5.74, 6) is 0. The van der Waals surface area contributed by atoms with Gasteiger partial charge < -0.3 is 4.52 Å². The van der Waals surface area contributed by atoms with Gasteiger partial charge in [0.2, 0.25) is 6.26 Å². The normalized spacial score (nSPS) is 10.2. The zero-order valence-corrected chi connectivity index (χ0v) is 8.14. The van der Waals surface area contributed by atoms with Crippen LogP contribution in [0.4, 0.5) is 5.69 Å². The first-order valence-corrected chi connectivity index (χ1v) is 4.41. The number of nitrogens with zero attached hydrogens (tertiary/aromatic N) is 2. The second kappa shape index (κ2) is 3.70. The van der Waals surface area contributed by atoms with Crippen LogP contribution in [0.5, 0.6) is 0 Å². The van der Waals surface area contributed by atoms with Crippen LogP contribution < -0.4 is 0 Å². The molecule has 6 heteroatoms. The molecule has 0 aliphatic rings. The van der Waals surface area contributed by atoms with E-state index in [9.17, 15) is 10.1 Å². The maximum atomic E-state index is 10.6. The Kier molecular flexibility index (Phi) is 2.39. The Hall–Kier alpha value is -1.88. The van der Waals surface area contributed by atoms with Gasteiger partial charge in [-0.2, -0.15) is 0 Å². The van der Waals surface area contributed by atoms with Crippen LogP contribution in [0.25, 0.3) is 11.3 Å². The molecule has 1 aromatic heterocycles. The summed E-state index contributed by atoms with van der Waals surface area (Å²) in [6, 6.07) is 6.56. The van der Waals surface area contributed by atoms with Gasteiger partial charge in [0, 0.05) is 10.6 Å². The van der Waals surface area contributed by atoms with E-state index in [1.807, 2.05) is 0 Å². The summed E-state index contributed by atoms with van der Waals surface area (Å²) < 4.78 is 4.57. The Labute approximate surface area is 89.4 Å². The molecule has 1 heterocycles. The topological polar surface area (TPSA) is 69.2 Å². The van der Waals surface area contributed by atoms with Gasteiger partial charge in [0.1, 0.15) is 0 Å². The predicted octanol–water partition coefficient (Wildman–Crippen LogP) is 2.90. The lowest BCUT2D eigenvalue weighted by Crippen LogP contribution is -1.88. The van der Waals surface area contributed by atoms with Crippen LogP contribution in [0.2, 0.25) is 5.02 Å². The number of nitro groups is 1. The van der Waals surface area contributed by atoms with Crippen molar-refractivity contribution in [1.29, 1.82) is 0 Å². The minimum atomic E-state index is -0.541. The second-order valence-corrected chi connectivity index (χ2v) is 3.25. The van der Waals surface area contributed by atoms with Gasteiger partial charge in [-0.1, -0.05) is 28.9 Å². The molecule has 2 aromatic rings. The van der Waals surface area contributed by atoms with Crippen molar-refractivity contribution < 1.29 is 9.45 Å². The fourth-order valence-corrected chi connectivity index (χ4v) is 1.30. The van der Waals surface area contributed by atoms with Crippen molar-refractivity contribution in [2.45, 2.75) is 0 Å². The van der Waals surface area contributed by atoms with Crippen LogP contribution in [0.1, 0.15) is 0 Å². The zero-order valence-electron chi connectivity index (χ0n) is 7.38. The third kappa shape index (κ3) is 1.82. The molecule has 0 bridgehead atoms. The Balaban J connectivity index is 2.49. The first kappa shape index (κ1) is 9.67. The van der Waals surface area contributed by atoms with Crippen LogP contribution in [0, 0.1) is 10.1 Å². The smallest absolute Gasteiger partial charge is 0.336 e. The van der Waals surface area contributed by atoms with Crippen LogP contribution in [-0.4, -0.2) is 10.1 Å². The van der Waals surface area contributed by atoms with Crippen LogP contribution >= 0.6 is 11.6 Å². The fourth-order valence-electron chi connectivity index (χ4n) is 1.17. The van der Waals surface area contributed by atoms with Gasteiger partial charge in [-0.05, 0) is 12.1 Å². The highest BCUT2D eigenvalue weighted by Gasteiger charge is 2.19. The van der Waals surface area contributed by atoms with E-state index in [0.29, 0.717) is 10.6 Å². The summed E-state index contributed by atoms with van der Waals surface area (Å²) in [4.78, 5) is 10.1. The fraction of sp³-hybridized carbons (Fsp3) is 0. The second-order valence-electron chi connectivity index (χ2n) is 2.81. The van der Waals surface area contributed by atoms with Crippen molar-refractivity contribution in [3.05, 3.63) is 45.7 Å². The maximum absolute atomic E-state index is 10.6. The lowest BCUT2D eigenvalue weighted by atomic mass is 10.1.